The Morgan fingerprint density at radius 2 is 1.61 bits per heavy atom. The highest BCUT2D eigenvalue weighted by molar-refractivity contribution is 8.00. The number of rotatable bonds is 7. The first-order valence-corrected chi connectivity index (χ1v) is 14.5. The van der Waals surface area contributed by atoms with Gasteiger partial charge in [-0.3, -0.25) is 19.2 Å². The molecule has 208 valence electrons. The van der Waals surface area contributed by atoms with Crippen molar-refractivity contribution < 1.29 is 23.9 Å². The van der Waals surface area contributed by atoms with Crippen LogP contribution < -0.4 is 24.6 Å². The van der Waals surface area contributed by atoms with E-state index in [9.17, 15) is 19.2 Å². The zero-order valence-corrected chi connectivity index (χ0v) is 23.7. The molecule has 3 amide bonds. The van der Waals surface area contributed by atoms with Crippen LogP contribution in [0.2, 0.25) is 0 Å². The molecule has 0 saturated carbocycles. The zero-order valence-electron chi connectivity index (χ0n) is 22.1. The molecule has 3 atom stereocenters. The lowest BCUT2D eigenvalue weighted by atomic mass is 9.83. The predicted molar refractivity (Wildman–Crippen MR) is 157 cm³/mol. The molecule has 41 heavy (non-hydrogen) atoms. The third-order valence-corrected chi connectivity index (χ3v) is 9.50. The van der Waals surface area contributed by atoms with Crippen molar-refractivity contribution in [3.8, 4) is 11.5 Å². The standard InChI is InChI=1S/C30H25N3O6S2/c1-16-3-7-18(8-4-16)31-22(34)15-39-21-11-5-17(6-12-21)23-24-26(40-27-25(23)41-30(37)32-27)29(36)33(28(24)35)19-9-13-20(38-2)14-10-19/h3-14,23-24,26H,15H2,1-2H3,(H,31,34)(H,32,37)/t23-,24-,26+/m0/s1. The lowest BCUT2D eigenvalue weighted by Crippen LogP contribution is -2.32. The molecule has 0 radical (unpaired) electrons. The lowest BCUT2D eigenvalue weighted by molar-refractivity contribution is -0.122. The highest BCUT2D eigenvalue weighted by Gasteiger charge is 2.56. The second-order valence-corrected chi connectivity index (χ2v) is 11.9. The van der Waals surface area contributed by atoms with Gasteiger partial charge in [-0.25, -0.2) is 4.90 Å². The number of imide groups is 1. The fourth-order valence-corrected chi connectivity index (χ4v) is 7.63. The Hall–Kier alpha value is -4.35. The summed E-state index contributed by atoms with van der Waals surface area (Å²) in [6.07, 6.45) is 0. The molecule has 3 heterocycles. The van der Waals surface area contributed by atoms with Crippen molar-refractivity contribution in [2.75, 3.05) is 23.9 Å². The summed E-state index contributed by atoms with van der Waals surface area (Å²) in [5.41, 5.74) is 3.02. The summed E-state index contributed by atoms with van der Waals surface area (Å²) < 4.78 is 10.9. The number of nitrogens with zero attached hydrogens (tertiary/aromatic N) is 1. The number of thiazole rings is 1. The minimum atomic E-state index is -0.694. The van der Waals surface area contributed by atoms with E-state index < -0.39 is 17.1 Å². The highest BCUT2D eigenvalue weighted by atomic mass is 32.2. The molecule has 4 aromatic rings. The minimum Gasteiger partial charge on any atom is -0.497 e. The van der Waals surface area contributed by atoms with Gasteiger partial charge in [-0.2, -0.15) is 0 Å². The fraction of sp³-hybridized carbons (Fsp3) is 0.200. The second-order valence-electron chi connectivity index (χ2n) is 9.73. The van der Waals surface area contributed by atoms with Gasteiger partial charge in [0.2, 0.25) is 11.8 Å². The van der Waals surface area contributed by atoms with Crippen molar-refractivity contribution in [3.05, 3.63) is 98.5 Å². The number of nitrogens with one attached hydrogen (secondary N) is 2. The first-order chi connectivity index (χ1) is 19.8. The van der Waals surface area contributed by atoms with E-state index in [-0.39, 0.29) is 29.2 Å². The molecule has 6 rings (SSSR count). The number of anilines is 2. The van der Waals surface area contributed by atoms with Crippen LogP contribution in [0.25, 0.3) is 0 Å². The second kappa shape index (κ2) is 10.9. The van der Waals surface area contributed by atoms with Crippen LogP contribution in [0.4, 0.5) is 11.4 Å². The maximum atomic E-state index is 13.8. The molecule has 0 aliphatic carbocycles. The molecular formula is C30H25N3O6S2. The maximum Gasteiger partial charge on any atom is 0.305 e. The van der Waals surface area contributed by atoms with Gasteiger partial charge in [0.05, 0.1) is 23.7 Å². The van der Waals surface area contributed by atoms with Crippen molar-refractivity contribution in [1.29, 1.82) is 0 Å². The van der Waals surface area contributed by atoms with Gasteiger partial charge < -0.3 is 19.8 Å². The fourth-order valence-electron chi connectivity index (χ4n) is 5.12. The smallest absolute Gasteiger partial charge is 0.305 e. The van der Waals surface area contributed by atoms with E-state index in [0.717, 1.165) is 27.3 Å². The summed E-state index contributed by atoms with van der Waals surface area (Å²) >= 11 is 2.28. The van der Waals surface area contributed by atoms with Gasteiger partial charge in [-0.1, -0.05) is 52.9 Å². The molecule has 2 N–H and O–H groups in total. The molecule has 1 aromatic heterocycles. The Labute approximate surface area is 243 Å². The monoisotopic (exact) mass is 587 g/mol. The first kappa shape index (κ1) is 26.9. The van der Waals surface area contributed by atoms with Crippen molar-refractivity contribution in [2.24, 2.45) is 5.92 Å². The summed E-state index contributed by atoms with van der Waals surface area (Å²) in [5, 5.41) is 2.72. The summed E-state index contributed by atoms with van der Waals surface area (Å²) in [7, 11) is 1.55. The van der Waals surface area contributed by atoms with E-state index in [2.05, 4.69) is 10.3 Å². The van der Waals surface area contributed by atoms with Crippen molar-refractivity contribution in [3.63, 3.8) is 0 Å². The Morgan fingerprint density at radius 1 is 0.927 bits per heavy atom. The largest absolute Gasteiger partial charge is 0.497 e. The summed E-state index contributed by atoms with van der Waals surface area (Å²) in [5.74, 6) is -1.03. The lowest BCUT2D eigenvalue weighted by Gasteiger charge is -2.29. The number of methoxy groups -OCH3 is 1. The van der Waals surface area contributed by atoms with Gasteiger partial charge in [0, 0.05) is 16.5 Å². The van der Waals surface area contributed by atoms with Gasteiger partial charge in [-0.15, -0.1) is 0 Å². The molecule has 1 fully saturated rings. The van der Waals surface area contributed by atoms with Crippen LogP contribution in [0.15, 0.2) is 82.6 Å². The molecule has 0 unspecified atom stereocenters. The van der Waals surface area contributed by atoms with Crippen molar-refractivity contribution in [1.82, 2.24) is 4.98 Å². The Bertz CT molecular complexity index is 1680. The predicted octanol–water partition coefficient (Wildman–Crippen LogP) is 4.57. The van der Waals surface area contributed by atoms with Gasteiger partial charge in [0.15, 0.2) is 6.61 Å². The first-order valence-electron chi connectivity index (χ1n) is 12.8. The summed E-state index contributed by atoms with van der Waals surface area (Å²) in [6.45, 7) is 1.80. The number of H-pyrrole nitrogens is 1. The Balaban J connectivity index is 1.23. The molecule has 2 aliphatic rings. The number of carbonyl (C=O) groups excluding carboxylic acids is 3. The Kier molecular flexibility index (Phi) is 7.14. The normalized spacial score (nSPS) is 19.5. The molecular weight excluding hydrogens is 562 g/mol. The Morgan fingerprint density at radius 3 is 2.29 bits per heavy atom. The SMILES string of the molecule is COc1ccc(N2C(=O)[C@H]3[C@H](c4ccc(OCC(=O)Nc5ccc(C)cc5)cc4)c4sc(=O)[nH]c4S[C@H]3C2=O)cc1. The number of ether oxygens (including phenoxy) is 2. The molecule has 1 saturated heterocycles. The topological polar surface area (TPSA) is 118 Å². The average Bonchev–Trinajstić information content (AvgIpc) is 3.47. The molecule has 0 bridgehead atoms. The minimum absolute atomic E-state index is 0.175. The van der Waals surface area contributed by atoms with E-state index in [1.807, 2.05) is 43.3 Å². The van der Waals surface area contributed by atoms with Crippen LogP contribution in [0.3, 0.4) is 0 Å². The van der Waals surface area contributed by atoms with Crippen molar-refractivity contribution >= 4 is 52.2 Å². The summed E-state index contributed by atoms with van der Waals surface area (Å²) in [6, 6.07) is 21.3. The highest BCUT2D eigenvalue weighted by Crippen LogP contribution is 2.53. The molecule has 0 spiro atoms. The van der Waals surface area contributed by atoms with Crippen LogP contribution in [0.5, 0.6) is 11.5 Å². The van der Waals surface area contributed by atoms with Crippen LogP contribution in [-0.2, 0) is 14.4 Å². The number of thioether (sulfide) groups is 1. The van der Waals surface area contributed by atoms with Gasteiger partial charge >= 0.3 is 4.87 Å². The molecule has 11 heteroatoms. The number of benzene rings is 3. The third kappa shape index (κ3) is 5.14. The number of aromatic nitrogens is 1. The third-order valence-electron chi connectivity index (χ3n) is 7.10. The number of hydrogen-bond acceptors (Lipinski definition) is 8. The van der Waals surface area contributed by atoms with Crippen LogP contribution >= 0.6 is 23.1 Å². The number of aromatic amines is 1. The number of amides is 3. The van der Waals surface area contributed by atoms with E-state index in [1.165, 1.54) is 16.7 Å². The maximum absolute atomic E-state index is 13.8. The van der Waals surface area contributed by atoms with Gasteiger partial charge in [-0.05, 0) is 61.0 Å². The van der Waals surface area contributed by atoms with Gasteiger partial charge in [0.1, 0.15) is 16.7 Å². The number of carbonyl (C=O) groups is 3. The summed E-state index contributed by atoms with van der Waals surface area (Å²) in [4.78, 5) is 56.6. The van der Waals surface area contributed by atoms with E-state index in [4.69, 9.17) is 9.47 Å². The van der Waals surface area contributed by atoms with Crippen molar-refractivity contribution in [2.45, 2.75) is 23.1 Å². The van der Waals surface area contributed by atoms with Gasteiger partial charge in [0.25, 0.3) is 5.91 Å². The molecule has 3 aromatic carbocycles. The average molecular weight is 588 g/mol. The number of fused-ring (bicyclic) bond motifs is 2. The van der Waals surface area contributed by atoms with E-state index in [1.54, 1.807) is 43.5 Å². The van der Waals surface area contributed by atoms with Crippen LogP contribution in [0.1, 0.15) is 21.9 Å². The number of aryl methyl sites for hydroxylation is 1. The van der Waals surface area contributed by atoms with Crippen LogP contribution in [-0.4, -0.2) is 41.7 Å². The van der Waals surface area contributed by atoms with E-state index in [0.29, 0.717) is 27.9 Å². The quantitative estimate of drug-likeness (QED) is 0.304. The van der Waals surface area contributed by atoms with E-state index >= 15 is 0 Å². The van der Waals surface area contributed by atoms with Crippen LogP contribution in [0, 0.1) is 12.8 Å². The molecule has 9 nitrogen and oxygen atoms in total. The molecule has 2 aliphatic heterocycles. The zero-order chi connectivity index (χ0) is 28.7. The number of hydrogen-bond donors (Lipinski definition) is 2.